The second-order valence-electron chi connectivity index (χ2n) is 8.47. The summed E-state index contributed by atoms with van der Waals surface area (Å²) >= 11 is 0. The third-order valence-electron chi connectivity index (χ3n) is 4.54. The number of rotatable bonds is 3. The second-order valence-corrected chi connectivity index (χ2v) is 8.47. The van der Waals surface area contributed by atoms with E-state index in [9.17, 15) is 4.79 Å². The first kappa shape index (κ1) is 19.3. The molecule has 4 rings (SSSR count). The Balaban J connectivity index is 0.000000177. The van der Waals surface area contributed by atoms with Crippen molar-refractivity contribution in [2.75, 3.05) is 11.1 Å². The molecule has 144 valence electrons. The lowest BCUT2D eigenvalue weighted by Crippen LogP contribution is -2.27. The lowest BCUT2D eigenvalue weighted by molar-refractivity contribution is 0.0636. The van der Waals surface area contributed by atoms with Crippen LogP contribution in [0.3, 0.4) is 0 Å². The van der Waals surface area contributed by atoms with Crippen molar-refractivity contribution in [3.63, 3.8) is 0 Å². The predicted octanol–water partition coefficient (Wildman–Crippen LogP) is 6.06. The van der Waals surface area contributed by atoms with Crippen LogP contribution >= 0.6 is 0 Å². The minimum absolute atomic E-state index is 0.398. The standard InChI is InChI=1S/C14H19NO2.C9H11N/c1-14(2,3)17-13(16)15-12-6-4-5-11(9-12)10-7-8-10;10-9-3-1-2-8(6-9)7-4-5-7/h4-6,9-10H,7-8H2,1-3H3,(H,15,16);1-3,6-7H,4-5,10H2. The average Bonchev–Trinajstić information content (AvgIpc) is 3.47. The molecule has 0 aliphatic heterocycles. The van der Waals surface area contributed by atoms with E-state index in [4.69, 9.17) is 10.5 Å². The Kier molecular flexibility index (Phi) is 5.73. The Morgan fingerprint density at radius 2 is 1.52 bits per heavy atom. The van der Waals surface area contributed by atoms with Gasteiger partial charge in [-0.3, -0.25) is 5.32 Å². The third kappa shape index (κ3) is 6.63. The normalized spacial score (nSPS) is 16.1. The first-order valence-corrected chi connectivity index (χ1v) is 9.75. The minimum atomic E-state index is -0.460. The monoisotopic (exact) mass is 366 g/mol. The number of carbonyl (C=O) groups excluding carboxylic acids is 1. The highest BCUT2D eigenvalue weighted by atomic mass is 16.6. The van der Waals surface area contributed by atoms with Crippen LogP contribution in [-0.4, -0.2) is 11.7 Å². The maximum absolute atomic E-state index is 11.6. The van der Waals surface area contributed by atoms with Gasteiger partial charge in [0.25, 0.3) is 0 Å². The van der Waals surface area contributed by atoms with Gasteiger partial charge in [0.15, 0.2) is 0 Å². The number of carbonyl (C=O) groups is 1. The van der Waals surface area contributed by atoms with Gasteiger partial charge >= 0.3 is 6.09 Å². The predicted molar refractivity (Wildman–Crippen MR) is 111 cm³/mol. The van der Waals surface area contributed by atoms with Gasteiger partial charge in [-0.1, -0.05) is 24.3 Å². The summed E-state index contributed by atoms with van der Waals surface area (Å²) in [5.41, 5.74) is 9.59. The quantitative estimate of drug-likeness (QED) is 0.649. The van der Waals surface area contributed by atoms with Crippen LogP contribution in [0.5, 0.6) is 0 Å². The number of ether oxygens (including phenoxy) is 1. The lowest BCUT2D eigenvalue weighted by Gasteiger charge is -2.19. The molecule has 0 atom stereocenters. The Labute approximate surface area is 162 Å². The van der Waals surface area contributed by atoms with Gasteiger partial charge in [-0.2, -0.15) is 0 Å². The number of nitrogens with two attached hydrogens (primary N) is 1. The summed E-state index contributed by atoms with van der Waals surface area (Å²) < 4.78 is 5.21. The fourth-order valence-electron chi connectivity index (χ4n) is 2.94. The van der Waals surface area contributed by atoms with Crippen molar-refractivity contribution in [3.8, 4) is 0 Å². The van der Waals surface area contributed by atoms with Crippen molar-refractivity contribution >= 4 is 17.5 Å². The molecule has 1 amide bonds. The number of nitrogens with one attached hydrogen (secondary N) is 1. The molecule has 0 saturated heterocycles. The summed E-state index contributed by atoms with van der Waals surface area (Å²) in [5, 5.41) is 2.76. The zero-order chi connectivity index (χ0) is 19.4. The van der Waals surface area contributed by atoms with Crippen molar-refractivity contribution in [2.24, 2.45) is 0 Å². The molecule has 2 saturated carbocycles. The third-order valence-corrected chi connectivity index (χ3v) is 4.54. The van der Waals surface area contributed by atoms with E-state index in [0.717, 1.165) is 17.3 Å². The van der Waals surface area contributed by atoms with E-state index in [0.29, 0.717) is 5.92 Å². The molecule has 4 nitrogen and oxygen atoms in total. The fourth-order valence-corrected chi connectivity index (χ4v) is 2.94. The van der Waals surface area contributed by atoms with Crippen molar-refractivity contribution < 1.29 is 9.53 Å². The maximum Gasteiger partial charge on any atom is 0.412 e. The Morgan fingerprint density at radius 3 is 2.04 bits per heavy atom. The van der Waals surface area contributed by atoms with Crippen molar-refractivity contribution in [3.05, 3.63) is 59.7 Å². The van der Waals surface area contributed by atoms with Gasteiger partial charge in [0, 0.05) is 11.4 Å². The average molecular weight is 367 g/mol. The van der Waals surface area contributed by atoms with E-state index in [-0.39, 0.29) is 0 Å². The van der Waals surface area contributed by atoms with E-state index < -0.39 is 11.7 Å². The van der Waals surface area contributed by atoms with Crippen molar-refractivity contribution in [1.82, 2.24) is 0 Å². The van der Waals surface area contributed by atoms with Crippen molar-refractivity contribution in [2.45, 2.75) is 63.9 Å². The SMILES string of the molecule is CC(C)(C)OC(=O)Nc1cccc(C2CC2)c1.Nc1cccc(C2CC2)c1. The van der Waals surface area contributed by atoms with E-state index >= 15 is 0 Å². The molecule has 2 aliphatic rings. The van der Waals surface area contributed by atoms with Crippen LogP contribution in [0.1, 0.15) is 69.4 Å². The molecule has 4 heteroatoms. The summed E-state index contributed by atoms with van der Waals surface area (Å²) in [7, 11) is 0. The van der Waals surface area contributed by atoms with Crippen LogP contribution in [0, 0.1) is 0 Å². The van der Waals surface area contributed by atoms with Gasteiger partial charge in [-0.25, -0.2) is 4.79 Å². The van der Waals surface area contributed by atoms with Crippen LogP contribution in [0.2, 0.25) is 0 Å². The number of hydrogen-bond donors (Lipinski definition) is 2. The molecule has 0 aromatic heterocycles. The van der Waals surface area contributed by atoms with E-state index in [1.165, 1.54) is 36.8 Å². The molecule has 0 radical (unpaired) electrons. The van der Waals surface area contributed by atoms with E-state index in [1.54, 1.807) is 0 Å². The van der Waals surface area contributed by atoms with Gasteiger partial charge in [0.1, 0.15) is 5.60 Å². The molecule has 3 N–H and O–H groups in total. The molecule has 2 aromatic rings. The number of anilines is 2. The van der Waals surface area contributed by atoms with Crippen LogP contribution < -0.4 is 11.1 Å². The highest BCUT2D eigenvalue weighted by molar-refractivity contribution is 5.85. The summed E-state index contributed by atoms with van der Waals surface area (Å²) in [5.74, 6) is 1.51. The summed E-state index contributed by atoms with van der Waals surface area (Å²) in [6.07, 6.45) is 4.82. The number of benzene rings is 2. The van der Waals surface area contributed by atoms with Crippen LogP contribution in [-0.2, 0) is 4.74 Å². The number of hydrogen-bond acceptors (Lipinski definition) is 3. The second kappa shape index (κ2) is 8.03. The molecule has 0 heterocycles. The highest BCUT2D eigenvalue weighted by Crippen LogP contribution is 2.41. The first-order valence-electron chi connectivity index (χ1n) is 9.75. The summed E-state index contributed by atoms with van der Waals surface area (Å²) in [6, 6.07) is 16.2. The molecule has 2 fully saturated rings. The van der Waals surface area contributed by atoms with Gasteiger partial charge in [0.05, 0.1) is 0 Å². The van der Waals surface area contributed by atoms with E-state index in [1.807, 2.05) is 51.1 Å². The smallest absolute Gasteiger partial charge is 0.412 e. The van der Waals surface area contributed by atoms with Crippen molar-refractivity contribution in [1.29, 1.82) is 0 Å². The molecule has 2 aromatic carbocycles. The summed E-state index contributed by atoms with van der Waals surface area (Å²) in [6.45, 7) is 5.56. The van der Waals surface area contributed by atoms with Crippen LogP contribution in [0.4, 0.5) is 16.2 Å². The molecule has 2 aliphatic carbocycles. The number of nitrogen functional groups attached to an aromatic ring is 1. The highest BCUT2D eigenvalue weighted by Gasteiger charge is 2.24. The maximum atomic E-state index is 11.6. The first-order chi connectivity index (χ1) is 12.8. The fraction of sp³-hybridized carbons (Fsp3) is 0.435. The molecule has 0 spiro atoms. The zero-order valence-corrected chi connectivity index (χ0v) is 16.5. The zero-order valence-electron chi connectivity index (χ0n) is 16.5. The van der Waals surface area contributed by atoms with Gasteiger partial charge in [-0.05, 0) is 93.7 Å². The largest absolute Gasteiger partial charge is 0.444 e. The topological polar surface area (TPSA) is 64.3 Å². The van der Waals surface area contributed by atoms with Crippen LogP contribution in [0.25, 0.3) is 0 Å². The van der Waals surface area contributed by atoms with Gasteiger partial charge < -0.3 is 10.5 Å². The molecule has 27 heavy (non-hydrogen) atoms. The Hall–Kier alpha value is -2.49. The summed E-state index contributed by atoms with van der Waals surface area (Å²) in [4.78, 5) is 11.6. The molecule has 0 unspecified atom stereocenters. The lowest BCUT2D eigenvalue weighted by atomic mass is 10.1. The molecular formula is C23H30N2O2. The van der Waals surface area contributed by atoms with E-state index in [2.05, 4.69) is 23.5 Å². The Morgan fingerprint density at radius 1 is 0.963 bits per heavy atom. The Bertz CT molecular complexity index is 787. The molecular weight excluding hydrogens is 336 g/mol. The van der Waals surface area contributed by atoms with Gasteiger partial charge in [-0.15, -0.1) is 0 Å². The minimum Gasteiger partial charge on any atom is -0.444 e. The number of amides is 1. The molecule has 0 bridgehead atoms. The van der Waals surface area contributed by atoms with Gasteiger partial charge in [0.2, 0.25) is 0 Å². The van der Waals surface area contributed by atoms with Crippen LogP contribution in [0.15, 0.2) is 48.5 Å².